The van der Waals surface area contributed by atoms with Gasteiger partial charge in [-0.15, -0.1) is 0 Å². The maximum absolute atomic E-state index is 14.6. The summed E-state index contributed by atoms with van der Waals surface area (Å²) in [4.78, 5) is 31.0. The quantitative estimate of drug-likeness (QED) is 0.668. The van der Waals surface area contributed by atoms with E-state index in [1.54, 1.807) is 6.07 Å². The monoisotopic (exact) mass is 426 g/mol. The highest BCUT2D eigenvalue weighted by atomic mass is 19.1. The maximum atomic E-state index is 14.6. The first-order chi connectivity index (χ1) is 14.8. The topological polar surface area (TPSA) is 101 Å². The number of benzene rings is 1. The summed E-state index contributed by atoms with van der Waals surface area (Å²) in [7, 11) is 0. The van der Waals surface area contributed by atoms with Crippen LogP contribution in [0.5, 0.6) is 0 Å². The number of anilines is 1. The van der Waals surface area contributed by atoms with E-state index in [1.807, 2.05) is 0 Å². The Morgan fingerprint density at radius 2 is 2.03 bits per heavy atom. The van der Waals surface area contributed by atoms with Gasteiger partial charge in [0.15, 0.2) is 5.65 Å². The molecule has 31 heavy (non-hydrogen) atoms. The molecule has 3 aromatic rings. The van der Waals surface area contributed by atoms with E-state index in [4.69, 9.17) is 5.73 Å². The van der Waals surface area contributed by atoms with Gasteiger partial charge in [-0.3, -0.25) is 9.36 Å². The lowest BCUT2D eigenvalue weighted by Crippen LogP contribution is -2.56. The highest BCUT2D eigenvalue weighted by molar-refractivity contribution is 5.92. The molecule has 5 rings (SSSR count). The number of rotatable bonds is 3. The van der Waals surface area contributed by atoms with Crippen LogP contribution in [0.25, 0.3) is 16.7 Å². The summed E-state index contributed by atoms with van der Waals surface area (Å²) in [5, 5.41) is 9.49. The normalized spacial score (nSPS) is 22.8. The van der Waals surface area contributed by atoms with Crippen molar-refractivity contribution in [2.45, 2.75) is 18.9 Å². The van der Waals surface area contributed by atoms with Crippen LogP contribution in [0.1, 0.15) is 23.2 Å². The Balaban J connectivity index is 1.68. The summed E-state index contributed by atoms with van der Waals surface area (Å²) in [6.45, 7) is 1.53. The van der Waals surface area contributed by atoms with Gasteiger partial charge in [0.05, 0.1) is 11.1 Å². The number of nitrogens with zero attached hydrogens (tertiary/aromatic N) is 3. The molecule has 3 heterocycles. The van der Waals surface area contributed by atoms with Crippen LogP contribution < -0.4 is 16.1 Å². The molecule has 0 amide bonds. The summed E-state index contributed by atoms with van der Waals surface area (Å²) >= 11 is 0. The van der Waals surface area contributed by atoms with Crippen molar-refractivity contribution in [2.75, 3.05) is 18.0 Å². The molecule has 0 radical (unpaired) electrons. The molecule has 3 N–H and O–H groups in total. The van der Waals surface area contributed by atoms with Gasteiger partial charge >= 0.3 is 5.97 Å². The Bertz CT molecular complexity index is 1280. The summed E-state index contributed by atoms with van der Waals surface area (Å²) < 4.78 is 29.2. The molecule has 160 valence electrons. The highest BCUT2D eigenvalue weighted by Gasteiger charge is 2.42. The van der Waals surface area contributed by atoms with Crippen LogP contribution in [-0.4, -0.2) is 39.8 Å². The third kappa shape index (κ3) is 3.16. The van der Waals surface area contributed by atoms with Crippen molar-refractivity contribution in [3.63, 3.8) is 0 Å². The van der Waals surface area contributed by atoms with E-state index < -0.39 is 28.6 Å². The molecule has 0 bridgehead atoms. The predicted molar refractivity (Wildman–Crippen MR) is 111 cm³/mol. The molecule has 1 saturated heterocycles. The molecule has 1 aromatic carbocycles. The predicted octanol–water partition coefficient (Wildman–Crippen LogP) is 2.54. The van der Waals surface area contributed by atoms with Crippen LogP contribution in [0.4, 0.5) is 14.6 Å². The first-order valence-corrected chi connectivity index (χ1v) is 10.1. The van der Waals surface area contributed by atoms with Crippen LogP contribution >= 0.6 is 0 Å². The number of carbonyl (C=O) groups is 1. The Kier molecular flexibility index (Phi) is 4.51. The number of piperidine rings is 1. The number of aromatic nitrogens is 2. The molecule has 1 saturated carbocycles. The smallest absolute Gasteiger partial charge is 0.341 e. The molecular formula is C22H20F2N4O3. The Morgan fingerprint density at radius 1 is 1.23 bits per heavy atom. The van der Waals surface area contributed by atoms with E-state index in [0.717, 1.165) is 38.2 Å². The van der Waals surface area contributed by atoms with Crippen molar-refractivity contribution < 1.29 is 18.7 Å². The lowest BCUT2D eigenvalue weighted by atomic mass is 9.66. The van der Waals surface area contributed by atoms with E-state index in [2.05, 4.69) is 9.88 Å². The molecular weight excluding hydrogens is 406 g/mol. The van der Waals surface area contributed by atoms with Gasteiger partial charge in [0, 0.05) is 31.4 Å². The number of aromatic carboxylic acids is 1. The Labute approximate surface area is 175 Å². The number of halogens is 2. The third-order valence-corrected chi connectivity index (χ3v) is 6.49. The second-order valence-corrected chi connectivity index (χ2v) is 8.24. The minimum atomic E-state index is -1.44. The highest BCUT2D eigenvalue weighted by Crippen LogP contribution is 2.40. The maximum Gasteiger partial charge on any atom is 0.341 e. The van der Waals surface area contributed by atoms with E-state index >= 15 is 0 Å². The molecule has 2 fully saturated rings. The summed E-state index contributed by atoms with van der Waals surface area (Å²) in [6.07, 6.45) is 3.06. The SMILES string of the molecule is N[C@H]1C[C@H]2CCN(c3ccc4c(=O)c(C(=O)O)cn(-c5ccc(F)cc5F)c4n3)C[C@H]21. The first kappa shape index (κ1) is 19.6. The van der Waals surface area contributed by atoms with Gasteiger partial charge in [-0.1, -0.05) is 0 Å². The van der Waals surface area contributed by atoms with Crippen molar-refractivity contribution >= 4 is 22.8 Å². The zero-order valence-electron chi connectivity index (χ0n) is 16.5. The number of hydrogen-bond donors (Lipinski definition) is 2. The van der Waals surface area contributed by atoms with E-state index in [-0.39, 0.29) is 22.8 Å². The zero-order valence-corrected chi connectivity index (χ0v) is 16.5. The average molecular weight is 426 g/mol. The summed E-state index contributed by atoms with van der Waals surface area (Å²) in [5.74, 6) is -1.49. The fourth-order valence-electron chi connectivity index (χ4n) is 4.73. The minimum Gasteiger partial charge on any atom is -0.477 e. The summed E-state index contributed by atoms with van der Waals surface area (Å²) in [5.41, 5.74) is 4.92. The number of pyridine rings is 2. The molecule has 2 aromatic heterocycles. The van der Waals surface area contributed by atoms with Crippen LogP contribution in [0, 0.1) is 23.5 Å². The average Bonchev–Trinajstić information content (AvgIpc) is 2.73. The van der Waals surface area contributed by atoms with E-state index in [0.29, 0.717) is 23.7 Å². The van der Waals surface area contributed by atoms with Crippen molar-refractivity contribution in [2.24, 2.45) is 17.6 Å². The summed E-state index contributed by atoms with van der Waals surface area (Å²) in [6, 6.07) is 6.30. The molecule has 7 nitrogen and oxygen atoms in total. The third-order valence-electron chi connectivity index (χ3n) is 6.49. The van der Waals surface area contributed by atoms with Gasteiger partial charge in [-0.05, 0) is 48.9 Å². The Morgan fingerprint density at radius 3 is 2.74 bits per heavy atom. The second-order valence-electron chi connectivity index (χ2n) is 8.24. The molecule has 9 heteroatoms. The zero-order chi connectivity index (χ0) is 21.9. The molecule has 3 atom stereocenters. The Hall–Kier alpha value is -3.33. The minimum absolute atomic E-state index is 0.0441. The number of carboxylic acids is 1. The van der Waals surface area contributed by atoms with Crippen LogP contribution in [0.3, 0.4) is 0 Å². The van der Waals surface area contributed by atoms with Crippen LogP contribution in [-0.2, 0) is 0 Å². The second kappa shape index (κ2) is 7.12. The molecule has 0 unspecified atom stereocenters. The van der Waals surface area contributed by atoms with Gasteiger partial charge in [0.1, 0.15) is 23.0 Å². The fourth-order valence-corrected chi connectivity index (χ4v) is 4.73. The number of fused-ring (bicyclic) bond motifs is 2. The van der Waals surface area contributed by atoms with Crippen molar-refractivity contribution in [1.82, 2.24) is 9.55 Å². The number of hydrogen-bond acceptors (Lipinski definition) is 5. The van der Waals surface area contributed by atoms with Crippen molar-refractivity contribution in [1.29, 1.82) is 0 Å². The lowest BCUT2D eigenvalue weighted by molar-refractivity contribution is 0.0695. The first-order valence-electron chi connectivity index (χ1n) is 10.1. The fraction of sp³-hybridized carbons (Fsp3) is 0.318. The van der Waals surface area contributed by atoms with Gasteiger partial charge in [-0.25, -0.2) is 18.6 Å². The molecule has 0 spiro atoms. The molecule has 1 aliphatic heterocycles. The number of nitrogens with two attached hydrogens (primary N) is 1. The van der Waals surface area contributed by atoms with E-state index in [1.165, 1.54) is 16.7 Å². The van der Waals surface area contributed by atoms with Gasteiger partial charge in [0.2, 0.25) is 5.43 Å². The van der Waals surface area contributed by atoms with Gasteiger partial charge < -0.3 is 15.7 Å². The lowest BCUT2D eigenvalue weighted by Gasteiger charge is -2.50. The van der Waals surface area contributed by atoms with Crippen LogP contribution in [0.15, 0.2) is 41.3 Å². The molecule has 2 aliphatic rings. The van der Waals surface area contributed by atoms with Crippen molar-refractivity contribution in [3.8, 4) is 5.69 Å². The van der Waals surface area contributed by atoms with E-state index in [9.17, 15) is 23.5 Å². The largest absolute Gasteiger partial charge is 0.477 e. The van der Waals surface area contributed by atoms with Gasteiger partial charge in [-0.2, -0.15) is 0 Å². The van der Waals surface area contributed by atoms with Crippen LogP contribution in [0.2, 0.25) is 0 Å². The number of carboxylic acid groups (broad SMARTS) is 1. The van der Waals surface area contributed by atoms with Gasteiger partial charge in [0.25, 0.3) is 0 Å². The standard InChI is InChI=1S/C22H20F2N4O3/c23-12-1-3-18(16(24)8-12)28-10-15(22(30)31)20(29)13-2-4-19(26-21(13)28)27-6-5-11-7-17(25)14(11)9-27/h1-4,8,10-11,14,17H,5-7,9,25H2,(H,30,31)/t11-,14-,17+/m1/s1. The van der Waals surface area contributed by atoms with Crippen molar-refractivity contribution in [3.05, 3.63) is 63.9 Å². The molecule has 1 aliphatic carbocycles.